The first kappa shape index (κ1) is 23.0. The van der Waals surface area contributed by atoms with Crippen molar-refractivity contribution >= 4 is 5.96 Å². The minimum absolute atomic E-state index is 0.425. The zero-order valence-corrected chi connectivity index (χ0v) is 20.0. The van der Waals surface area contributed by atoms with Gasteiger partial charge in [0.25, 0.3) is 0 Å². The van der Waals surface area contributed by atoms with Crippen molar-refractivity contribution < 1.29 is 0 Å². The number of aromatic nitrogens is 3. The molecule has 3 aromatic rings. The van der Waals surface area contributed by atoms with E-state index in [1.807, 2.05) is 23.9 Å². The number of aryl methyl sites for hydroxylation is 2. The van der Waals surface area contributed by atoms with Gasteiger partial charge in [-0.15, -0.1) is 0 Å². The van der Waals surface area contributed by atoms with Crippen LogP contribution in [0.15, 0.2) is 59.7 Å². The van der Waals surface area contributed by atoms with Crippen molar-refractivity contribution in [3.05, 3.63) is 77.4 Å². The number of pyridine rings is 1. The Morgan fingerprint density at radius 1 is 1.09 bits per heavy atom. The van der Waals surface area contributed by atoms with Crippen LogP contribution in [0.4, 0.5) is 0 Å². The Balaban J connectivity index is 1.38. The summed E-state index contributed by atoms with van der Waals surface area (Å²) in [6.45, 7) is 10.7. The van der Waals surface area contributed by atoms with Crippen LogP contribution < -0.4 is 10.6 Å². The van der Waals surface area contributed by atoms with Crippen molar-refractivity contribution in [3.63, 3.8) is 0 Å². The molecule has 3 heterocycles. The standard InChI is InChI=1S/C26H35N7/c1-4-27-26(30-23-12-15-32(16-13-23)19-24-10-7-8-14-28-24)29-18-22-9-5-6-11-25(22)33-21(3)17-20(2)31-33/h5-11,14,17,23H,4,12-13,15-16,18-19H2,1-3H3,(H2,27,29,30). The average Bonchev–Trinajstić information content (AvgIpc) is 3.17. The molecule has 174 valence electrons. The molecular weight excluding hydrogens is 410 g/mol. The fourth-order valence-electron chi connectivity index (χ4n) is 4.36. The van der Waals surface area contributed by atoms with Crippen LogP contribution in [-0.2, 0) is 13.1 Å². The molecule has 0 saturated carbocycles. The number of guanidine groups is 1. The summed E-state index contributed by atoms with van der Waals surface area (Å²) >= 11 is 0. The van der Waals surface area contributed by atoms with E-state index in [1.165, 1.54) is 0 Å². The summed E-state index contributed by atoms with van der Waals surface area (Å²) in [6, 6.07) is 17.0. The molecule has 0 aliphatic carbocycles. The van der Waals surface area contributed by atoms with E-state index in [4.69, 9.17) is 4.99 Å². The second kappa shape index (κ2) is 11.1. The van der Waals surface area contributed by atoms with E-state index in [0.29, 0.717) is 12.6 Å². The quantitative estimate of drug-likeness (QED) is 0.430. The summed E-state index contributed by atoms with van der Waals surface area (Å²) in [5.41, 5.74) is 5.54. The molecule has 7 heteroatoms. The topological polar surface area (TPSA) is 70.4 Å². The first-order chi connectivity index (χ1) is 16.1. The number of nitrogens with zero attached hydrogens (tertiary/aromatic N) is 5. The van der Waals surface area contributed by atoms with Gasteiger partial charge in [0.2, 0.25) is 0 Å². The van der Waals surface area contributed by atoms with Crippen LogP contribution >= 0.6 is 0 Å². The molecule has 1 aromatic carbocycles. The fraction of sp³-hybridized carbons (Fsp3) is 0.423. The molecule has 1 aliphatic heterocycles. The van der Waals surface area contributed by atoms with Gasteiger partial charge in [0.05, 0.1) is 23.6 Å². The Morgan fingerprint density at radius 3 is 2.58 bits per heavy atom. The average molecular weight is 446 g/mol. The van der Waals surface area contributed by atoms with Crippen LogP contribution in [0.5, 0.6) is 0 Å². The van der Waals surface area contributed by atoms with E-state index >= 15 is 0 Å². The van der Waals surface area contributed by atoms with Crippen LogP contribution in [0.2, 0.25) is 0 Å². The maximum Gasteiger partial charge on any atom is 0.191 e. The largest absolute Gasteiger partial charge is 0.357 e. The number of hydrogen-bond donors (Lipinski definition) is 2. The second-order valence-electron chi connectivity index (χ2n) is 8.68. The summed E-state index contributed by atoms with van der Waals surface area (Å²) in [4.78, 5) is 11.9. The predicted octanol–water partition coefficient (Wildman–Crippen LogP) is 3.60. The second-order valence-corrected chi connectivity index (χ2v) is 8.68. The number of likely N-dealkylation sites (tertiary alicyclic amines) is 1. The normalized spacial score (nSPS) is 15.5. The summed E-state index contributed by atoms with van der Waals surface area (Å²) < 4.78 is 2.01. The molecule has 0 amide bonds. The molecule has 4 rings (SSSR count). The lowest BCUT2D eigenvalue weighted by Crippen LogP contribution is -2.48. The van der Waals surface area contributed by atoms with E-state index in [1.54, 1.807) is 0 Å². The number of nitrogens with one attached hydrogen (secondary N) is 2. The van der Waals surface area contributed by atoms with Gasteiger partial charge in [-0.25, -0.2) is 9.67 Å². The van der Waals surface area contributed by atoms with Gasteiger partial charge in [0.1, 0.15) is 0 Å². The highest BCUT2D eigenvalue weighted by Gasteiger charge is 2.20. The molecule has 0 spiro atoms. The molecule has 7 nitrogen and oxygen atoms in total. The third-order valence-electron chi connectivity index (χ3n) is 6.02. The highest BCUT2D eigenvalue weighted by atomic mass is 15.3. The van der Waals surface area contributed by atoms with Gasteiger partial charge < -0.3 is 10.6 Å². The van der Waals surface area contributed by atoms with Crippen molar-refractivity contribution in [3.8, 4) is 5.69 Å². The fourth-order valence-corrected chi connectivity index (χ4v) is 4.36. The molecule has 0 unspecified atom stereocenters. The van der Waals surface area contributed by atoms with Crippen molar-refractivity contribution in [2.24, 2.45) is 4.99 Å². The van der Waals surface area contributed by atoms with Crippen LogP contribution in [0.25, 0.3) is 5.69 Å². The minimum atomic E-state index is 0.425. The highest BCUT2D eigenvalue weighted by molar-refractivity contribution is 5.80. The van der Waals surface area contributed by atoms with Crippen molar-refractivity contribution in [1.82, 2.24) is 30.3 Å². The van der Waals surface area contributed by atoms with Crippen molar-refractivity contribution in [1.29, 1.82) is 0 Å². The lowest BCUT2D eigenvalue weighted by Gasteiger charge is -2.32. The molecule has 0 atom stereocenters. The Kier molecular flexibility index (Phi) is 7.73. The maximum atomic E-state index is 4.92. The molecule has 1 fully saturated rings. The van der Waals surface area contributed by atoms with Gasteiger partial charge in [-0.1, -0.05) is 24.3 Å². The van der Waals surface area contributed by atoms with E-state index in [2.05, 4.69) is 81.9 Å². The number of hydrogen-bond acceptors (Lipinski definition) is 4. The van der Waals surface area contributed by atoms with E-state index < -0.39 is 0 Å². The number of para-hydroxylation sites is 1. The minimum Gasteiger partial charge on any atom is -0.357 e. The van der Waals surface area contributed by atoms with Crippen LogP contribution in [0.1, 0.15) is 42.4 Å². The summed E-state index contributed by atoms with van der Waals surface area (Å²) in [5.74, 6) is 0.879. The van der Waals surface area contributed by atoms with Crippen molar-refractivity contribution in [2.75, 3.05) is 19.6 Å². The van der Waals surface area contributed by atoms with E-state index in [-0.39, 0.29) is 0 Å². The third kappa shape index (κ3) is 6.20. The SMILES string of the molecule is CCNC(=NCc1ccccc1-n1nc(C)cc1C)NC1CCN(Cc2ccccn2)CC1. The van der Waals surface area contributed by atoms with E-state index in [9.17, 15) is 0 Å². The van der Waals surface area contributed by atoms with E-state index in [0.717, 1.165) is 73.3 Å². The Hall–Kier alpha value is -3.19. The molecule has 0 bridgehead atoms. The zero-order valence-electron chi connectivity index (χ0n) is 20.0. The van der Waals surface area contributed by atoms with Gasteiger partial charge in [-0.3, -0.25) is 9.88 Å². The van der Waals surface area contributed by atoms with Crippen LogP contribution in [-0.4, -0.2) is 51.3 Å². The summed E-state index contributed by atoms with van der Waals surface area (Å²) in [5, 5.41) is 11.7. The van der Waals surface area contributed by atoms with Crippen LogP contribution in [0, 0.1) is 13.8 Å². The summed E-state index contributed by atoms with van der Waals surface area (Å²) in [7, 11) is 0. The molecular formula is C26H35N7. The zero-order chi connectivity index (χ0) is 23.0. The molecule has 1 aliphatic rings. The summed E-state index contributed by atoms with van der Waals surface area (Å²) in [6.07, 6.45) is 4.06. The first-order valence-corrected chi connectivity index (χ1v) is 11.9. The lowest BCUT2D eigenvalue weighted by molar-refractivity contribution is 0.196. The number of benzene rings is 1. The highest BCUT2D eigenvalue weighted by Crippen LogP contribution is 2.18. The molecule has 33 heavy (non-hydrogen) atoms. The Labute approximate surface area is 197 Å². The predicted molar refractivity (Wildman–Crippen MR) is 134 cm³/mol. The van der Waals surface area contributed by atoms with Gasteiger partial charge in [0, 0.05) is 44.1 Å². The number of aliphatic imine (C=N–C) groups is 1. The Morgan fingerprint density at radius 2 is 1.88 bits per heavy atom. The van der Waals surface area contributed by atoms with Gasteiger partial charge in [0.15, 0.2) is 5.96 Å². The van der Waals surface area contributed by atoms with Gasteiger partial charge in [-0.2, -0.15) is 5.10 Å². The van der Waals surface area contributed by atoms with Crippen molar-refractivity contribution in [2.45, 2.75) is 52.7 Å². The number of piperidine rings is 1. The molecule has 2 aromatic heterocycles. The molecule has 1 saturated heterocycles. The van der Waals surface area contributed by atoms with Gasteiger partial charge >= 0.3 is 0 Å². The molecule has 0 radical (unpaired) electrons. The maximum absolute atomic E-state index is 4.92. The van der Waals surface area contributed by atoms with Gasteiger partial charge in [-0.05, 0) is 63.4 Å². The smallest absolute Gasteiger partial charge is 0.191 e. The third-order valence-corrected chi connectivity index (χ3v) is 6.02. The Bertz CT molecular complexity index is 1050. The number of rotatable bonds is 7. The lowest BCUT2D eigenvalue weighted by atomic mass is 10.0. The first-order valence-electron chi connectivity index (χ1n) is 11.9. The monoisotopic (exact) mass is 445 g/mol. The molecule has 2 N–H and O–H groups in total. The van der Waals surface area contributed by atoms with Crippen LogP contribution in [0.3, 0.4) is 0 Å².